The number of nitrogens with zero attached hydrogens (tertiary/aromatic N) is 1. The van der Waals surface area contributed by atoms with E-state index in [0.29, 0.717) is 6.42 Å². The summed E-state index contributed by atoms with van der Waals surface area (Å²) in [5.74, 6) is -1.58. The van der Waals surface area contributed by atoms with Crippen molar-refractivity contribution in [2.75, 3.05) is 6.61 Å². The molecule has 1 aromatic carbocycles. The average Bonchev–Trinajstić information content (AvgIpc) is 2.75. The largest absolute Gasteiger partial charge is 0.272 e. The SMILES string of the molecule is CC(C)(C)C(=O)N1OCC[C@H]1c1c(F)cccc1F. The number of halogens is 2. The topological polar surface area (TPSA) is 29.5 Å². The highest BCUT2D eigenvalue weighted by Crippen LogP contribution is 2.36. The maximum absolute atomic E-state index is 13.8. The highest BCUT2D eigenvalue weighted by molar-refractivity contribution is 5.81. The summed E-state index contributed by atoms with van der Waals surface area (Å²) in [7, 11) is 0. The smallest absolute Gasteiger partial charge is 0.252 e. The van der Waals surface area contributed by atoms with Gasteiger partial charge in [0.05, 0.1) is 12.6 Å². The highest BCUT2D eigenvalue weighted by Gasteiger charge is 2.39. The van der Waals surface area contributed by atoms with Crippen LogP contribution in [0.3, 0.4) is 0 Å². The van der Waals surface area contributed by atoms with Crippen molar-refractivity contribution in [3.63, 3.8) is 0 Å². The maximum atomic E-state index is 13.8. The molecule has 0 aromatic heterocycles. The van der Waals surface area contributed by atoms with Crippen LogP contribution in [0, 0.1) is 17.0 Å². The summed E-state index contributed by atoms with van der Waals surface area (Å²) in [4.78, 5) is 17.5. The number of rotatable bonds is 1. The number of carbonyl (C=O) groups excluding carboxylic acids is 1. The lowest BCUT2D eigenvalue weighted by Crippen LogP contribution is -2.38. The molecular formula is C14H17F2NO2. The van der Waals surface area contributed by atoms with Crippen LogP contribution in [0.4, 0.5) is 8.78 Å². The van der Waals surface area contributed by atoms with Crippen molar-refractivity contribution in [1.82, 2.24) is 5.06 Å². The lowest BCUT2D eigenvalue weighted by atomic mass is 9.93. The molecule has 0 spiro atoms. The molecule has 1 heterocycles. The second-order valence-corrected chi connectivity index (χ2v) is 5.65. The predicted octanol–water partition coefficient (Wildman–Crippen LogP) is 3.22. The Labute approximate surface area is 111 Å². The molecule has 0 unspecified atom stereocenters. The van der Waals surface area contributed by atoms with E-state index in [1.54, 1.807) is 20.8 Å². The van der Waals surface area contributed by atoms with Crippen LogP contribution in [0.1, 0.15) is 38.8 Å². The quantitative estimate of drug-likeness (QED) is 0.783. The first-order valence-electron chi connectivity index (χ1n) is 6.23. The third kappa shape index (κ3) is 2.61. The summed E-state index contributed by atoms with van der Waals surface area (Å²) >= 11 is 0. The van der Waals surface area contributed by atoms with E-state index in [4.69, 9.17) is 4.84 Å². The minimum atomic E-state index is -0.701. The van der Waals surface area contributed by atoms with E-state index in [1.807, 2.05) is 0 Å². The average molecular weight is 269 g/mol. The summed E-state index contributed by atoms with van der Waals surface area (Å²) in [6.45, 7) is 5.50. The molecule has 1 fully saturated rings. The number of hydroxylamine groups is 2. The molecule has 1 saturated heterocycles. The van der Waals surface area contributed by atoms with E-state index in [2.05, 4.69) is 0 Å². The van der Waals surface area contributed by atoms with Gasteiger partial charge in [-0.15, -0.1) is 0 Å². The third-order valence-electron chi connectivity index (χ3n) is 3.08. The monoisotopic (exact) mass is 269 g/mol. The van der Waals surface area contributed by atoms with Crippen molar-refractivity contribution in [3.8, 4) is 0 Å². The van der Waals surface area contributed by atoms with Crippen LogP contribution in [-0.2, 0) is 9.63 Å². The Bertz CT molecular complexity index is 476. The number of hydrogen-bond acceptors (Lipinski definition) is 2. The van der Waals surface area contributed by atoms with Crippen molar-refractivity contribution >= 4 is 5.91 Å². The van der Waals surface area contributed by atoms with E-state index in [9.17, 15) is 13.6 Å². The van der Waals surface area contributed by atoms with Crippen molar-refractivity contribution in [1.29, 1.82) is 0 Å². The van der Waals surface area contributed by atoms with Crippen LogP contribution in [0.5, 0.6) is 0 Å². The molecule has 1 aliphatic heterocycles. The Morgan fingerprint density at radius 2 is 1.89 bits per heavy atom. The Balaban J connectivity index is 2.37. The van der Waals surface area contributed by atoms with Crippen LogP contribution in [0.2, 0.25) is 0 Å². The molecule has 2 rings (SSSR count). The lowest BCUT2D eigenvalue weighted by Gasteiger charge is -2.29. The molecule has 104 valence electrons. The first-order chi connectivity index (χ1) is 8.82. The van der Waals surface area contributed by atoms with Crippen LogP contribution in [0.15, 0.2) is 18.2 Å². The van der Waals surface area contributed by atoms with Crippen LogP contribution in [0.25, 0.3) is 0 Å². The molecule has 1 atom stereocenters. The first kappa shape index (κ1) is 13.9. The fraction of sp³-hybridized carbons (Fsp3) is 0.500. The minimum Gasteiger partial charge on any atom is -0.272 e. The molecule has 1 aliphatic rings. The number of carbonyl (C=O) groups is 1. The maximum Gasteiger partial charge on any atom is 0.252 e. The van der Waals surface area contributed by atoms with Gasteiger partial charge in [-0.2, -0.15) is 0 Å². The van der Waals surface area contributed by atoms with Gasteiger partial charge >= 0.3 is 0 Å². The third-order valence-corrected chi connectivity index (χ3v) is 3.08. The van der Waals surface area contributed by atoms with Crippen molar-refractivity contribution in [3.05, 3.63) is 35.4 Å². The van der Waals surface area contributed by atoms with Gasteiger partial charge in [-0.25, -0.2) is 13.8 Å². The van der Waals surface area contributed by atoms with Gasteiger partial charge in [0.25, 0.3) is 5.91 Å². The Morgan fingerprint density at radius 3 is 2.42 bits per heavy atom. The second kappa shape index (κ2) is 4.89. The fourth-order valence-electron chi connectivity index (χ4n) is 2.09. The van der Waals surface area contributed by atoms with Gasteiger partial charge in [-0.3, -0.25) is 9.63 Å². The van der Waals surface area contributed by atoms with Crippen LogP contribution in [-0.4, -0.2) is 17.6 Å². The predicted molar refractivity (Wildman–Crippen MR) is 66.0 cm³/mol. The van der Waals surface area contributed by atoms with E-state index < -0.39 is 23.1 Å². The molecule has 1 aromatic rings. The van der Waals surface area contributed by atoms with Crippen LogP contribution < -0.4 is 0 Å². The fourth-order valence-corrected chi connectivity index (χ4v) is 2.09. The molecular weight excluding hydrogens is 252 g/mol. The Morgan fingerprint density at radius 1 is 1.32 bits per heavy atom. The standard InChI is InChI=1S/C14H17F2NO2/c1-14(2,3)13(18)17-11(7-8-19-17)12-9(15)5-4-6-10(12)16/h4-6,11H,7-8H2,1-3H3/t11-/m0/s1. The summed E-state index contributed by atoms with van der Waals surface area (Å²) in [6.07, 6.45) is 0.389. The molecule has 19 heavy (non-hydrogen) atoms. The summed E-state index contributed by atoms with van der Waals surface area (Å²) in [6, 6.07) is 2.99. The van der Waals surface area contributed by atoms with Crippen LogP contribution >= 0.6 is 0 Å². The van der Waals surface area contributed by atoms with E-state index in [0.717, 1.165) is 5.06 Å². The zero-order valence-corrected chi connectivity index (χ0v) is 11.2. The Kier molecular flexibility index (Phi) is 3.58. The molecule has 0 saturated carbocycles. The van der Waals surface area contributed by atoms with Crippen molar-refractivity contribution < 1.29 is 18.4 Å². The highest BCUT2D eigenvalue weighted by atomic mass is 19.1. The molecule has 1 amide bonds. The number of amides is 1. The first-order valence-corrected chi connectivity index (χ1v) is 6.23. The van der Waals surface area contributed by atoms with Gasteiger partial charge in [0.15, 0.2) is 0 Å². The Hall–Kier alpha value is -1.49. The summed E-state index contributed by atoms with van der Waals surface area (Å²) in [5, 5.41) is 1.11. The normalized spacial score (nSPS) is 19.8. The van der Waals surface area contributed by atoms with Gasteiger partial charge in [0, 0.05) is 17.4 Å². The molecule has 0 aliphatic carbocycles. The second-order valence-electron chi connectivity index (χ2n) is 5.65. The molecule has 5 heteroatoms. The summed E-state index contributed by atoms with van der Waals surface area (Å²) in [5.41, 5.74) is -0.762. The molecule has 0 radical (unpaired) electrons. The van der Waals surface area contributed by atoms with Gasteiger partial charge in [-0.05, 0) is 12.1 Å². The van der Waals surface area contributed by atoms with Crippen molar-refractivity contribution in [2.45, 2.75) is 33.2 Å². The number of hydrogen-bond donors (Lipinski definition) is 0. The van der Waals surface area contributed by atoms with E-state index in [-0.39, 0.29) is 18.1 Å². The molecule has 0 bridgehead atoms. The number of benzene rings is 1. The van der Waals surface area contributed by atoms with E-state index >= 15 is 0 Å². The zero-order valence-electron chi connectivity index (χ0n) is 11.2. The molecule has 0 N–H and O–H groups in total. The van der Waals surface area contributed by atoms with Gasteiger partial charge in [0.2, 0.25) is 0 Å². The lowest BCUT2D eigenvalue weighted by molar-refractivity contribution is -0.186. The minimum absolute atomic E-state index is 0.0994. The van der Waals surface area contributed by atoms with E-state index in [1.165, 1.54) is 18.2 Å². The summed E-state index contributed by atoms with van der Waals surface area (Å²) < 4.78 is 27.6. The molecule has 3 nitrogen and oxygen atoms in total. The zero-order chi connectivity index (χ0) is 14.2. The van der Waals surface area contributed by atoms with Gasteiger partial charge in [-0.1, -0.05) is 26.8 Å². The van der Waals surface area contributed by atoms with Gasteiger partial charge in [0.1, 0.15) is 11.6 Å². The van der Waals surface area contributed by atoms with Gasteiger partial charge < -0.3 is 0 Å². The van der Waals surface area contributed by atoms with Crippen molar-refractivity contribution in [2.24, 2.45) is 5.41 Å².